The molecule has 72 valence electrons. The van der Waals surface area contributed by atoms with Gasteiger partial charge in [-0.2, -0.15) is 5.10 Å². The molecule has 13 heavy (non-hydrogen) atoms. The molecule has 1 amide bonds. The number of carbonyl (C=O) groups excluding carboxylic acids is 1. The highest BCUT2D eigenvalue weighted by atomic mass is 16.2. The molecule has 0 aliphatic heterocycles. The molecule has 6 heteroatoms. The van der Waals surface area contributed by atoms with Crippen molar-refractivity contribution in [2.24, 2.45) is 5.73 Å². The van der Waals surface area contributed by atoms with E-state index in [2.05, 4.69) is 15.4 Å². The smallest absolute Gasteiger partial charge is 0.241 e. The van der Waals surface area contributed by atoms with E-state index in [-0.39, 0.29) is 12.5 Å². The van der Waals surface area contributed by atoms with Gasteiger partial charge in [-0.05, 0) is 6.92 Å². The molecular weight excluding hydrogens is 170 g/mol. The highest BCUT2D eigenvalue weighted by molar-refractivity contribution is 5.75. The highest BCUT2D eigenvalue weighted by Crippen LogP contribution is 1.87. The van der Waals surface area contributed by atoms with Gasteiger partial charge >= 0.3 is 0 Å². The lowest BCUT2D eigenvalue weighted by Gasteiger charge is -2.00. The van der Waals surface area contributed by atoms with E-state index in [0.29, 0.717) is 18.9 Å². The van der Waals surface area contributed by atoms with E-state index in [4.69, 9.17) is 5.73 Å². The lowest BCUT2D eigenvalue weighted by atomic mass is 10.5. The van der Waals surface area contributed by atoms with Crippen molar-refractivity contribution >= 4 is 5.91 Å². The first-order valence-electron chi connectivity index (χ1n) is 4.11. The van der Waals surface area contributed by atoms with Gasteiger partial charge in [0.1, 0.15) is 12.9 Å². The lowest BCUT2D eigenvalue weighted by molar-refractivity contribution is -0.121. The van der Waals surface area contributed by atoms with Crippen LogP contribution in [0.25, 0.3) is 0 Å². The highest BCUT2D eigenvalue weighted by Gasteiger charge is 2.02. The average molecular weight is 183 g/mol. The number of nitrogens with zero attached hydrogens (tertiary/aromatic N) is 3. The SMILES string of the molecule is CCNC(=O)Cn1cnc(CN)n1. The fraction of sp³-hybridized carbons (Fsp3) is 0.571. The summed E-state index contributed by atoms with van der Waals surface area (Å²) in [5.74, 6) is 0.472. The zero-order chi connectivity index (χ0) is 9.68. The Morgan fingerprint density at radius 1 is 1.77 bits per heavy atom. The fourth-order valence-corrected chi connectivity index (χ4v) is 0.903. The maximum absolute atomic E-state index is 11.1. The van der Waals surface area contributed by atoms with Crippen LogP contribution < -0.4 is 11.1 Å². The van der Waals surface area contributed by atoms with Crippen LogP contribution in [0, 0.1) is 0 Å². The van der Waals surface area contributed by atoms with Crippen LogP contribution in [0.2, 0.25) is 0 Å². The fourth-order valence-electron chi connectivity index (χ4n) is 0.903. The number of hydrogen-bond acceptors (Lipinski definition) is 4. The molecule has 6 nitrogen and oxygen atoms in total. The Morgan fingerprint density at radius 3 is 3.08 bits per heavy atom. The first kappa shape index (κ1) is 9.66. The predicted molar refractivity (Wildman–Crippen MR) is 46.6 cm³/mol. The molecule has 0 saturated heterocycles. The van der Waals surface area contributed by atoms with Crippen LogP contribution in [-0.4, -0.2) is 27.2 Å². The van der Waals surface area contributed by atoms with Crippen molar-refractivity contribution in [3.63, 3.8) is 0 Å². The van der Waals surface area contributed by atoms with E-state index < -0.39 is 0 Å². The van der Waals surface area contributed by atoms with Gasteiger partial charge in [-0.15, -0.1) is 0 Å². The predicted octanol–water partition coefficient (Wildman–Crippen LogP) is -1.13. The number of nitrogens with two attached hydrogens (primary N) is 1. The van der Waals surface area contributed by atoms with E-state index in [0.717, 1.165) is 0 Å². The Bertz CT molecular complexity index is 282. The molecule has 0 spiro atoms. The number of hydrogen-bond donors (Lipinski definition) is 2. The quantitative estimate of drug-likeness (QED) is 0.618. The van der Waals surface area contributed by atoms with E-state index in [9.17, 15) is 4.79 Å². The third-order valence-corrected chi connectivity index (χ3v) is 1.45. The molecule has 1 aromatic heterocycles. The van der Waals surface area contributed by atoms with Crippen LogP contribution in [0.15, 0.2) is 6.33 Å². The number of rotatable bonds is 4. The largest absolute Gasteiger partial charge is 0.355 e. The summed E-state index contributed by atoms with van der Waals surface area (Å²) < 4.78 is 1.47. The molecule has 0 aliphatic carbocycles. The number of nitrogens with one attached hydrogen (secondary N) is 1. The molecule has 0 atom stereocenters. The van der Waals surface area contributed by atoms with Crippen molar-refractivity contribution in [1.29, 1.82) is 0 Å². The Morgan fingerprint density at radius 2 is 2.54 bits per heavy atom. The van der Waals surface area contributed by atoms with Crippen LogP contribution in [0.4, 0.5) is 0 Å². The molecule has 1 rings (SSSR count). The van der Waals surface area contributed by atoms with Crippen molar-refractivity contribution in [2.45, 2.75) is 20.0 Å². The number of likely N-dealkylation sites (N-methyl/N-ethyl adjacent to an activating group) is 1. The summed E-state index contributed by atoms with van der Waals surface area (Å²) in [5, 5.41) is 6.63. The average Bonchev–Trinajstić information content (AvgIpc) is 2.52. The molecule has 0 aromatic carbocycles. The van der Waals surface area contributed by atoms with Crippen molar-refractivity contribution in [3.05, 3.63) is 12.2 Å². The zero-order valence-electron chi connectivity index (χ0n) is 7.53. The molecule has 0 fully saturated rings. The van der Waals surface area contributed by atoms with Gasteiger partial charge < -0.3 is 11.1 Å². The maximum Gasteiger partial charge on any atom is 0.241 e. The molecule has 0 saturated carbocycles. The van der Waals surface area contributed by atoms with E-state index in [1.165, 1.54) is 11.0 Å². The van der Waals surface area contributed by atoms with Crippen LogP contribution in [-0.2, 0) is 17.9 Å². The van der Waals surface area contributed by atoms with Crippen LogP contribution in [0.1, 0.15) is 12.7 Å². The molecule has 0 unspecified atom stereocenters. The summed E-state index contributed by atoms with van der Waals surface area (Å²) in [6.45, 7) is 2.98. The molecule has 3 N–H and O–H groups in total. The molecular formula is C7H13N5O. The maximum atomic E-state index is 11.1. The van der Waals surface area contributed by atoms with Gasteiger partial charge in [0, 0.05) is 6.54 Å². The van der Waals surface area contributed by atoms with Gasteiger partial charge in [0.25, 0.3) is 0 Å². The van der Waals surface area contributed by atoms with Gasteiger partial charge in [-0.1, -0.05) is 0 Å². The van der Waals surface area contributed by atoms with Gasteiger partial charge in [0.05, 0.1) is 6.54 Å². The van der Waals surface area contributed by atoms with E-state index in [1.54, 1.807) is 0 Å². The summed E-state index contributed by atoms with van der Waals surface area (Å²) in [4.78, 5) is 15.0. The van der Waals surface area contributed by atoms with Crippen LogP contribution in [0.3, 0.4) is 0 Å². The minimum absolute atomic E-state index is 0.0732. The number of carbonyl (C=O) groups is 1. The Balaban J connectivity index is 2.49. The van der Waals surface area contributed by atoms with Crippen LogP contribution >= 0.6 is 0 Å². The molecule has 1 aromatic rings. The Hall–Kier alpha value is -1.43. The standard InChI is InChI=1S/C7H13N5O/c1-2-9-7(13)4-12-5-10-6(3-8)11-12/h5H,2-4,8H2,1H3,(H,9,13). The first-order chi connectivity index (χ1) is 6.26. The van der Waals surface area contributed by atoms with Gasteiger partial charge in [-0.25, -0.2) is 9.67 Å². The van der Waals surface area contributed by atoms with E-state index >= 15 is 0 Å². The van der Waals surface area contributed by atoms with Crippen LogP contribution in [0.5, 0.6) is 0 Å². The van der Waals surface area contributed by atoms with Gasteiger partial charge in [0.2, 0.25) is 5.91 Å². The third kappa shape index (κ3) is 2.83. The number of aromatic nitrogens is 3. The summed E-state index contributed by atoms with van der Waals surface area (Å²) in [6.07, 6.45) is 1.50. The Labute approximate surface area is 76.1 Å². The molecule has 0 bridgehead atoms. The van der Waals surface area contributed by atoms with Crippen molar-refractivity contribution in [1.82, 2.24) is 20.1 Å². The molecule has 0 radical (unpaired) electrons. The minimum Gasteiger partial charge on any atom is -0.355 e. The summed E-state index contributed by atoms with van der Waals surface area (Å²) in [5.41, 5.74) is 5.31. The number of amides is 1. The van der Waals surface area contributed by atoms with Crippen molar-refractivity contribution in [3.8, 4) is 0 Å². The van der Waals surface area contributed by atoms with Crippen molar-refractivity contribution < 1.29 is 4.79 Å². The monoisotopic (exact) mass is 183 g/mol. The van der Waals surface area contributed by atoms with Gasteiger partial charge in [-0.3, -0.25) is 4.79 Å². The summed E-state index contributed by atoms with van der Waals surface area (Å²) in [6, 6.07) is 0. The molecule has 0 aliphatic rings. The topological polar surface area (TPSA) is 85.8 Å². The first-order valence-corrected chi connectivity index (χ1v) is 4.11. The van der Waals surface area contributed by atoms with E-state index in [1.807, 2.05) is 6.92 Å². The van der Waals surface area contributed by atoms with Crippen molar-refractivity contribution in [2.75, 3.05) is 6.54 Å². The third-order valence-electron chi connectivity index (χ3n) is 1.45. The molecule has 1 heterocycles. The Kier molecular flexibility index (Phi) is 3.39. The zero-order valence-corrected chi connectivity index (χ0v) is 7.53. The second-order valence-electron chi connectivity index (χ2n) is 2.52. The lowest BCUT2D eigenvalue weighted by Crippen LogP contribution is -2.27. The second kappa shape index (κ2) is 4.56. The normalized spacial score (nSPS) is 10.0. The summed E-state index contributed by atoms with van der Waals surface area (Å²) >= 11 is 0. The van der Waals surface area contributed by atoms with Gasteiger partial charge in [0.15, 0.2) is 5.82 Å². The minimum atomic E-state index is -0.0732. The second-order valence-corrected chi connectivity index (χ2v) is 2.52. The summed E-state index contributed by atoms with van der Waals surface area (Å²) in [7, 11) is 0.